The Morgan fingerprint density at radius 3 is 2.38 bits per heavy atom. The molecule has 0 spiro atoms. The lowest BCUT2D eigenvalue weighted by Gasteiger charge is -2.14. The third-order valence-electron chi connectivity index (χ3n) is 3.24. The Labute approximate surface area is 125 Å². The molecule has 0 saturated heterocycles. The first kappa shape index (κ1) is 15.1. The van der Waals surface area contributed by atoms with E-state index in [1.165, 1.54) is 0 Å². The molecule has 0 atom stereocenters. The van der Waals surface area contributed by atoms with Gasteiger partial charge in [-0.1, -0.05) is 18.2 Å². The van der Waals surface area contributed by atoms with Crippen molar-refractivity contribution in [2.24, 2.45) is 0 Å². The molecule has 2 rings (SSSR count). The average Bonchev–Trinajstić information content (AvgIpc) is 2.49. The highest BCUT2D eigenvalue weighted by Gasteiger charge is 2.09. The highest BCUT2D eigenvalue weighted by molar-refractivity contribution is 5.57. The van der Waals surface area contributed by atoms with Gasteiger partial charge in [-0.3, -0.25) is 0 Å². The molecule has 0 aliphatic heterocycles. The van der Waals surface area contributed by atoms with Crippen molar-refractivity contribution in [2.45, 2.75) is 27.3 Å². The van der Waals surface area contributed by atoms with Crippen LogP contribution in [0, 0.1) is 13.8 Å². The van der Waals surface area contributed by atoms with Crippen LogP contribution >= 0.6 is 0 Å². The van der Waals surface area contributed by atoms with Gasteiger partial charge in [-0.05, 0) is 26.8 Å². The van der Waals surface area contributed by atoms with Gasteiger partial charge >= 0.3 is 0 Å². The molecule has 112 valence electrons. The zero-order chi connectivity index (χ0) is 15.2. The number of methoxy groups -OCH3 is 1. The monoisotopic (exact) mass is 286 g/mol. The van der Waals surface area contributed by atoms with Crippen molar-refractivity contribution >= 4 is 11.6 Å². The number of hydrogen-bond donors (Lipinski definition) is 2. The summed E-state index contributed by atoms with van der Waals surface area (Å²) in [6.07, 6.45) is 0. The van der Waals surface area contributed by atoms with E-state index in [1.54, 1.807) is 7.11 Å². The third kappa shape index (κ3) is 3.62. The molecule has 0 bridgehead atoms. The fraction of sp³-hybridized carbons (Fsp3) is 0.375. The van der Waals surface area contributed by atoms with Crippen LogP contribution in [0.2, 0.25) is 0 Å². The summed E-state index contributed by atoms with van der Waals surface area (Å²) < 4.78 is 5.36. The van der Waals surface area contributed by atoms with Crippen LogP contribution in [0.3, 0.4) is 0 Å². The number of aryl methyl sites for hydroxylation is 1. The number of rotatable bonds is 6. The molecule has 5 heteroatoms. The molecular formula is C16H22N4O. The molecule has 1 aromatic heterocycles. The van der Waals surface area contributed by atoms with Crippen LogP contribution < -0.4 is 15.4 Å². The molecule has 0 aliphatic carbocycles. The molecule has 0 saturated carbocycles. The number of nitrogens with one attached hydrogen (secondary N) is 2. The maximum Gasteiger partial charge on any atom is 0.135 e. The summed E-state index contributed by atoms with van der Waals surface area (Å²) >= 11 is 0. The molecular weight excluding hydrogens is 264 g/mol. The van der Waals surface area contributed by atoms with Crippen LogP contribution in [-0.2, 0) is 6.54 Å². The van der Waals surface area contributed by atoms with Crippen LogP contribution in [0.4, 0.5) is 11.6 Å². The summed E-state index contributed by atoms with van der Waals surface area (Å²) in [5.41, 5.74) is 2.12. The highest BCUT2D eigenvalue weighted by Crippen LogP contribution is 2.22. The minimum Gasteiger partial charge on any atom is -0.496 e. The predicted molar refractivity (Wildman–Crippen MR) is 86.0 cm³/mol. The van der Waals surface area contributed by atoms with Crippen molar-refractivity contribution in [3.8, 4) is 5.75 Å². The molecule has 2 aromatic rings. The van der Waals surface area contributed by atoms with E-state index in [-0.39, 0.29) is 0 Å². The van der Waals surface area contributed by atoms with Crippen LogP contribution in [0.25, 0.3) is 0 Å². The van der Waals surface area contributed by atoms with Crippen molar-refractivity contribution in [1.29, 1.82) is 0 Å². The number of benzene rings is 1. The first-order valence-electron chi connectivity index (χ1n) is 7.10. The number of nitrogens with zero attached hydrogens (tertiary/aromatic N) is 2. The van der Waals surface area contributed by atoms with Gasteiger partial charge in [0.1, 0.15) is 23.2 Å². The van der Waals surface area contributed by atoms with Crippen LogP contribution in [0.1, 0.15) is 23.9 Å². The van der Waals surface area contributed by atoms with E-state index in [4.69, 9.17) is 4.74 Å². The molecule has 0 fully saturated rings. The molecule has 0 radical (unpaired) electrons. The van der Waals surface area contributed by atoms with Gasteiger partial charge in [0.25, 0.3) is 0 Å². The van der Waals surface area contributed by atoms with Gasteiger partial charge in [0.05, 0.1) is 7.11 Å². The largest absolute Gasteiger partial charge is 0.496 e. The second kappa shape index (κ2) is 6.92. The van der Waals surface area contributed by atoms with E-state index in [0.717, 1.165) is 40.9 Å². The zero-order valence-corrected chi connectivity index (χ0v) is 13.0. The van der Waals surface area contributed by atoms with E-state index >= 15 is 0 Å². The maximum absolute atomic E-state index is 5.36. The van der Waals surface area contributed by atoms with Gasteiger partial charge in [-0.2, -0.15) is 0 Å². The van der Waals surface area contributed by atoms with Gasteiger partial charge in [0.15, 0.2) is 0 Å². The molecule has 1 aromatic carbocycles. The number of ether oxygens (including phenoxy) is 1. The van der Waals surface area contributed by atoms with E-state index in [0.29, 0.717) is 6.54 Å². The first-order valence-corrected chi connectivity index (χ1v) is 7.10. The Balaban J connectivity index is 2.20. The van der Waals surface area contributed by atoms with Crippen molar-refractivity contribution in [2.75, 3.05) is 24.3 Å². The minimum atomic E-state index is 0.660. The van der Waals surface area contributed by atoms with Gasteiger partial charge in [-0.15, -0.1) is 0 Å². The molecule has 2 N–H and O–H groups in total. The topological polar surface area (TPSA) is 59.1 Å². The normalized spacial score (nSPS) is 10.3. The molecule has 1 heterocycles. The SMILES string of the molecule is CCNc1nc(C)nc(NCc2ccccc2OC)c1C. The van der Waals surface area contributed by atoms with Crippen molar-refractivity contribution in [3.63, 3.8) is 0 Å². The van der Waals surface area contributed by atoms with Gasteiger partial charge in [-0.25, -0.2) is 9.97 Å². The Kier molecular flexibility index (Phi) is 4.98. The highest BCUT2D eigenvalue weighted by atomic mass is 16.5. The third-order valence-corrected chi connectivity index (χ3v) is 3.24. The molecule has 21 heavy (non-hydrogen) atoms. The fourth-order valence-corrected chi connectivity index (χ4v) is 2.17. The smallest absolute Gasteiger partial charge is 0.135 e. The van der Waals surface area contributed by atoms with E-state index in [2.05, 4.69) is 27.5 Å². The van der Waals surface area contributed by atoms with Crippen molar-refractivity contribution in [3.05, 3.63) is 41.2 Å². The van der Waals surface area contributed by atoms with Crippen molar-refractivity contribution < 1.29 is 4.74 Å². The second-order valence-electron chi connectivity index (χ2n) is 4.79. The van der Waals surface area contributed by atoms with E-state index in [9.17, 15) is 0 Å². The lowest BCUT2D eigenvalue weighted by atomic mass is 10.2. The van der Waals surface area contributed by atoms with Crippen LogP contribution in [0.5, 0.6) is 5.75 Å². The van der Waals surface area contributed by atoms with E-state index in [1.807, 2.05) is 38.1 Å². The van der Waals surface area contributed by atoms with Crippen LogP contribution in [0.15, 0.2) is 24.3 Å². The molecule has 5 nitrogen and oxygen atoms in total. The van der Waals surface area contributed by atoms with Crippen LogP contribution in [-0.4, -0.2) is 23.6 Å². The summed E-state index contributed by atoms with van der Waals surface area (Å²) in [4.78, 5) is 8.91. The average molecular weight is 286 g/mol. The quantitative estimate of drug-likeness (QED) is 0.854. The summed E-state index contributed by atoms with van der Waals surface area (Å²) in [6.45, 7) is 7.46. The Bertz CT molecular complexity index is 613. The van der Waals surface area contributed by atoms with Crippen molar-refractivity contribution in [1.82, 2.24) is 9.97 Å². The number of aromatic nitrogens is 2. The summed E-state index contributed by atoms with van der Waals surface area (Å²) in [7, 11) is 1.68. The first-order chi connectivity index (χ1) is 10.2. The fourth-order valence-electron chi connectivity index (χ4n) is 2.17. The number of hydrogen-bond acceptors (Lipinski definition) is 5. The molecule has 0 aliphatic rings. The Morgan fingerprint density at radius 2 is 1.71 bits per heavy atom. The number of anilines is 2. The second-order valence-corrected chi connectivity index (χ2v) is 4.79. The van der Waals surface area contributed by atoms with Gasteiger partial charge in [0.2, 0.25) is 0 Å². The number of para-hydroxylation sites is 1. The van der Waals surface area contributed by atoms with Gasteiger partial charge in [0, 0.05) is 24.2 Å². The summed E-state index contributed by atoms with van der Waals surface area (Å²) in [6, 6.07) is 7.97. The lowest BCUT2D eigenvalue weighted by molar-refractivity contribution is 0.410. The lowest BCUT2D eigenvalue weighted by Crippen LogP contribution is -2.10. The zero-order valence-electron chi connectivity index (χ0n) is 13.0. The molecule has 0 amide bonds. The maximum atomic E-state index is 5.36. The van der Waals surface area contributed by atoms with E-state index < -0.39 is 0 Å². The Hall–Kier alpha value is -2.30. The van der Waals surface area contributed by atoms with Gasteiger partial charge < -0.3 is 15.4 Å². The standard InChI is InChI=1S/C16H22N4O/c1-5-17-15-11(2)16(20-12(3)19-15)18-10-13-8-6-7-9-14(13)21-4/h6-9H,5,10H2,1-4H3,(H2,17,18,19,20). The predicted octanol–water partition coefficient (Wildman–Crippen LogP) is 3.15. The summed E-state index contributed by atoms with van der Waals surface area (Å²) in [5.74, 6) is 3.36. The minimum absolute atomic E-state index is 0.660. The molecule has 0 unspecified atom stereocenters. The Morgan fingerprint density at radius 1 is 1.05 bits per heavy atom. The summed E-state index contributed by atoms with van der Waals surface area (Å²) in [5, 5.41) is 6.63.